The van der Waals surface area contributed by atoms with Crippen LogP contribution in [0.15, 0.2) is 29.6 Å². The van der Waals surface area contributed by atoms with Crippen LogP contribution in [0.1, 0.15) is 25.1 Å². The summed E-state index contributed by atoms with van der Waals surface area (Å²) in [7, 11) is 0. The van der Waals surface area contributed by atoms with E-state index < -0.39 is 0 Å². The minimum Gasteiger partial charge on any atom is -0.355 e. The minimum atomic E-state index is 0.0357. The van der Waals surface area contributed by atoms with E-state index in [0.29, 0.717) is 6.54 Å². The molecule has 1 aromatic carbocycles. The second kappa shape index (κ2) is 6.66. The van der Waals surface area contributed by atoms with Gasteiger partial charge in [-0.3, -0.25) is 4.79 Å². The Kier molecular flexibility index (Phi) is 4.90. The van der Waals surface area contributed by atoms with Crippen molar-refractivity contribution in [1.82, 2.24) is 10.3 Å². The lowest BCUT2D eigenvalue weighted by Crippen LogP contribution is -2.29. The van der Waals surface area contributed by atoms with Gasteiger partial charge in [-0.2, -0.15) is 0 Å². The summed E-state index contributed by atoms with van der Waals surface area (Å²) in [5.41, 5.74) is 3.44. The maximum absolute atomic E-state index is 11.5. The Bertz CT molecular complexity index is 572. The smallest absolute Gasteiger partial charge is 0.222 e. The highest BCUT2D eigenvalue weighted by Gasteiger charge is 2.07. The summed E-state index contributed by atoms with van der Waals surface area (Å²) < 4.78 is 0. The van der Waals surface area contributed by atoms with Crippen molar-refractivity contribution < 1.29 is 4.79 Å². The average Bonchev–Trinajstić information content (AvgIpc) is 2.88. The molecule has 0 fully saturated rings. The first-order valence-corrected chi connectivity index (χ1v) is 7.73. The molecule has 0 saturated heterocycles. The molecule has 4 heteroatoms. The molecule has 1 amide bonds. The van der Waals surface area contributed by atoms with Crippen molar-refractivity contribution in [3.05, 3.63) is 40.9 Å². The lowest BCUT2D eigenvalue weighted by molar-refractivity contribution is -0.123. The molecule has 0 atom stereocenters. The van der Waals surface area contributed by atoms with Gasteiger partial charge in [0.1, 0.15) is 5.01 Å². The van der Waals surface area contributed by atoms with Gasteiger partial charge in [-0.15, -0.1) is 11.3 Å². The van der Waals surface area contributed by atoms with E-state index >= 15 is 0 Å². The number of hydrogen-bond donors (Lipinski definition) is 1. The first-order valence-electron chi connectivity index (χ1n) is 6.85. The third-order valence-electron chi connectivity index (χ3n) is 3.06. The molecular formula is C16H20N2OS. The van der Waals surface area contributed by atoms with Gasteiger partial charge in [0, 0.05) is 29.8 Å². The van der Waals surface area contributed by atoms with Gasteiger partial charge in [0.05, 0.1) is 5.69 Å². The van der Waals surface area contributed by atoms with Crippen molar-refractivity contribution in [2.45, 2.75) is 27.2 Å². The fourth-order valence-corrected chi connectivity index (χ4v) is 2.63. The number of carbonyl (C=O) groups is 1. The molecule has 1 N–H and O–H groups in total. The van der Waals surface area contributed by atoms with Crippen LogP contribution in [0.25, 0.3) is 10.6 Å². The molecule has 3 nitrogen and oxygen atoms in total. The van der Waals surface area contributed by atoms with Crippen molar-refractivity contribution in [1.29, 1.82) is 0 Å². The molecule has 0 bridgehead atoms. The molecule has 0 aliphatic rings. The number of hydrogen-bond acceptors (Lipinski definition) is 3. The van der Waals surface area contributed by atoms with Crippen LogP contribution in [0.5, 0.6) is 0 Å². The lowest BCUT2D eigenvalue weighted by Gasteiger charge is -2.05. The Balaban J connectivity index is 1.92. The molecule has 0 radical (unpaired) electrons. The summed E-state index contributed by atoms with van der Waals surface area (Å²) in [6.07, 6.45) is 0.779. The van der Waals surface area contributed by atoms with Crippen molar-refractivity contribution in [3.8, 4) is 10.6 Å². The van der Waals surface area contributed by atoms with Gasteiger partial charge in [-0.1, -0.05) is 43.7 Å². The fraction of sp³-hybridized carbons (Fsp3) is 0.375. The normalized spacial score (nSPS) is 10.8. The number of thiazole rings is 1. The Hall–Kier alpha value is -1.68. The van der Waals surface area contributed by atoms with Crippen LogP contribution in [0.2, 0.25) is 0 Å². The number of amides is 1. The van der Waals surface area contributed by atoms with E-state index in [1.54, 1.807) is 11.3 Å². The van der Waals surface area contributed by atoms with E-state index in [1.807, 2.05) is 13.8 Å². The molecule has 20 heavy (non-hydrogen) atoms. The topological polar surface area (TPSA) is 42.0 Å². The van der Waals surface area contributed by atoms with E-state index in [-0.39, 0.29) is 11.8 Å². The second-order valence-electron chi connectivity index (χ2n) is 5.21. The zero-order valence-corrected chi connectivity index (χ0v) is 13.0. The Labute approximate surface area is 124 Å². The van der Waals surface area contributed by atoms with E-state index in [9.17, 15) is 4.79 Å². The van der Waals surface area contributed by atoms with Crippen molar-refractivity contribution in [2.75, 3.05) is 6.54 Å². The summed E-state index contributed by atoms with van der Waals surface area (Å²) in [5, 5.41) is 6.02. The van der Waals surface area contributed by atoms with E-state index in [4.69, 9.17) is 0 Å². The second-order valence-corrected chi connectivity index (χ2v) is 6.06. The summed E-state index contributed by atoms with van der Waals surface area (Å²) in [4.78, 5) is 16.1. The van der Waals surface area contributed by atoms with E-state index in [1.165, 1.54) is 5.56 Å². The Morgan fingerprint density at radius 3 is 2.65 bits per heavy atom. The SMILES string of the molecule is Cc1ccc(-c2nc(CCNC(=O)C(C)C)cs2)cc1. The Morgan fingerprint density at radius 2 is 2.00 bits per heavy atom. The average molecular weight is 288 g/mol. The summed E-state index contributed by atoms with van der Waals surface area (Å²) in [5.74, 6) is 0.132. The third-order valence-corrected chi connectivity index (χ3v) is 4.00. The molecule has 0 aliphatic heterocycles. The van der Waals surface area contributed by atoms with Crippen LogP contribution in [-0.4, -0.2) is 17.4 Å². The van der Waals surface area contributed by atoms with E-state index in [0.717, 1.165) is 22.7 Å². The van der Waals surface area contributed by atoms with Crippen molar-refractivity contribution in [2.24, 2.45) is 5.92 Å². The quantitative estimate of drug-likeness (QED) is 0.916. The van der Waals surface area contributed by atoms with Crippen molar-refractivity contribution >= 4 is 17.2 Å². The van der Waals surface area contributed by atoms with Crippen LogP contribution >= 0.6 is 11.3 Å². The minimum absolute atomic E-state index is 0.0357. The molecule has 0 spiro atoms. The number of nitrogens with zero attached hydrogens (tertiary/aromatic N) is 1. The van der Waals surface area contributed by atoms with Crippen LogP contribution in [-0.2, 0) is 11.2 Å². The zero-order chi connectivity index (χ0) is 14.5. The first-order chi connectivity index (χ1) is 9.56. The van der Waals surface area contributed by atoms with Gasteiger partial charge in [0.15, 0.2) is 0 Å². The highest BCUT2D eigenvalue weighted by molar-refractivity contribution is 7.13. The number of nitrogens with one attached hydrogen (secondary N) is 1. The Morgan fingerprint density at radius 1 is 1.30 bits per heavy atom. The number of aromatic nitrogens is 1. The van der Waals surface area contributed by atoms with Crippen LogP contribution < -0.4 is 5.32 Å². The maximum Gasteiger partial charge on any atom is 0.222 e. The standard InChI is InChI=1S/C16H20N2OS/c1-11(2)15(19)17-9-8-14-10-20-16(18-14)13-6-4-12(3)5-7-13/h4-7,10-11H,8-9H2,1-3H3,(H,17,19). The van der Waals surface area contributed by atoms with Gasteiger partial charge < -0.3 is 5.32 Å². The lowest BCUT2D eigenvalue weighted by atomic mass is 10.2. The molecule has 2 rings (SSSR count). The highest BCUT2D eigenvalue weighted by atomic mass is 32.1. The summed E-state index contributed by atoms with van der Waals surface area (Å²) in [6, 6.07) is 8.38. The number of carbonyl (C=O) groups excluding carboxylic acids is 1. The van der Waals surface area contributed by atoms with Crippen LogP contribution in [0.4, 0.5) is 0 Å². The van der Waals surface area contributed by atoms with Gasteiger partial charge >= 0.3 is 0 Å². The summed E-state index contributed by atoms with van der Waals surface area (Å²) in [6.45, 7) is 6.52. The number of rotatable bonds is 5. The zero-order valence-electron chi connectivity index (χ0n) is 12.1. The summed E-state index contributed by atoms with van der Waals surface area (Å²) >= 11 is 1.65. The predicted octanol–water partition coefficient (Wildman–Crippen LogP) is 3.43. The monoisotopic (exact) mass is 288 g/mol. The molecular weight excluding hydrogens is 268 g/mol. The largest absolute Gasteiger partial charge is 0.355 e. The van der Waals surface area contributed by atoms with Crippen LogP contribution in [0, 0.1) is 12.8 Å². The number of benzene rings is 1. The van der Waals surface area contributed by atoms with Crippen LogP contribution in [0.3, 0.4) is 0 Å². The molecule has 2 aromatic rings. The third kappa shape index (κ3) is 3.90. The molecule has 0 unspecified atom stereocenters. The highest BCUT2D eigenvalue weighted by Crippen LogP contribution is 2.24. The van der Waals surface area contributed by atoms with Gasteiger partial charge in [-0.05, 0) is 6.92 Å². The molecule has 1 aromatic heterocycles. The maximum atomic E-state index is 11.5. The predicted molar refractivity (Wildman–Crippen MR) is 83.8 cm³/mol. The van der Waals surface area contributed by atoms with E-state index in [2.05, 4.69) is 46.9 Å². The first kappa shape index (κ1) is 14.7. The molecule has 0 saturated carbocycles. The molecule has 0 aliphatic carbocycles. The molecule has 1 heterocycles. The number of aryl methyl sites for hydroxylation is 1. The van der Waals surface area contributed by atoms with Gasteiger partial charge in [0.2, 0.25) is 5.91 Å². The van der Waals surface area contributed by atoms with Gasteiger partial charge in [0.25, 0.3) is 0 Å². The fourth-order valence-electron chi connectivity index (χ4n) is 1.77. The molecule has 106 valence electrons. The van der Waals surface area contributed by atoms with Gasteiger partial charge in [-0.25, -0.2) is 4.98 Å². The van der Waals surface area contributed by atoms with Crippen molar-refractivity contribution in [3.63, 3.8) is 0 Å².